The Bertz CT molecular complexity index is 268. The number of rotatable bonds is 1. The minimum absolute atomic E-state index is 0.231. The van der Waals surface area contributed by atoms with Crippen LogP contribution >= 0.6 is 11.3 Å². The lowest BCUT2D eigenvalue weighted by Crippen LogP contribution is -2.10. The zero-order chi connectivity index (χ0) is 7.72. The molecule has 0 bridgehead atoms. The number of anilines is 1. The quantitative estimate of drug-likeness (QED) is 0.608. The average Bonchev–Trinajstić information content (AvgIpc) is 2.10. The molecule has 0 unspecified atom stereocenters. The summed E-state index contributed by atoms with van der Waals surface area (Å²) < 4.78 is 0. The SMILES string of the molecule is Cc1nc(N)c(C(N)=O)s1. The van der Waals surface area contributed by atoms with E-state index in [1.165, 1.54) is 11.3 Å². The van der Waals surface area contributed by atoms with Crippen molar-refractivity contribution >= 4 is 23.1 Å². The second-order valence-corrected chi connectivity index (χ2v) is 3.01. The van der Waals surface area contributed by atoms with E-state index in [0.717, 1.165) is 5.01 Å². The van der Waals surface area contributed by atoms with E-state index < -0.39 is 5.91 Å². The largest absolute Gasteiger partial charge is 0.382 e. The third-order valence-corrected chi connectivity index (χ3v) is 1.99. The normalized spacial score (nSPS) is 9.70. The minimum atomic E-state index is -0.511. The van der Waals surface area contributed by atoms with Crippen LogP contribution in [-0.2, 0) is 0 Å². The summed E-state index contributed by atoms with van der Waals surface area (Å²) in [5.41, 5.74) is 10.3. The zero-order valence-electron chi connectivity index (χ0n) is 5.42. The third kappa shape index (κ3) is 1.08. The van der Waals surface area contributed by atoms with Gasteiger partial charge >= 0.3 is 0 Å². The van der Waals surface area contributed by atoms with Gasteiger partial charge in [-0.2, -0.15) is 0 Å². The van der Waals surface area contributed by atoms with Gasteiger partial charge in [-0.3, -0.25) is 4.79 Å². The monoisotopic (exact) mass is 157 g/mol. The Morgan fingerprint density at radius 2 is 2.30 bits per heavy atom. The van der Waals surface area contributed by atoms with E-state index in [0.29, 0.717) is 4.88 Å². The molecule has 0 atom stereocenters. The smallest absolute Gasteiger partial charge is 0.262 e. The van der Waals surface area contributed by atoms with Crippen LogP contribution in [0.3, 0.4) is 0 Å². The minimum Gasteiger partial charge on any atom is -0.382 e. The maximum atomic E-state index is 10.5. The van der Waals surface area contributed by atoms with Crippen LogP contribution in [0.1, 0.15) is 14.7 Å². The third-order valence-electron chi connectivity index (χ3n) is 0.984. The van der Waals surface area contributed by atoms with Crippen molar-refractivity contribution in [2.75, 3.05) is 5.73 Å². The molecule has 0 aromatic carbocycles. The van der Waals surface area contributed by atoms with Crippen LogP contribution in [-0.4, -0.2) is 10.9 Å². The molecule has 0 fully saturated rings. The number of nitrogens with two attached hydrogens (primary N) is 2. The number of hydrogen-bond acceptors (Lipinski definition) is 4. The molecule has 1 heterocycles. The Hall–Kier alpha value is -1.10. The summed E-state index contributed by atoms with van der Waals surface area (Å²) in [5, 5.41) is 0.756. The van der Waals surface area contributed by atoms with Crippen LogP contribution in [0.4, 0.5) is 5.82 Å². The number of hydrogen-bond donors (Lipinski definition) is 2. The molecule has 0 saturated carbocycles. The van der Waals surface area contributed by atoms with Gasteiger partial charge in [0.2, 0.25) is 0 Å². The summed E-state index contributed by atoms with van der Waals surface area (Å²) in [7, 11) is 0. The first-order valence-corrected chi connectivity index (χ1v) is 3.45. The van der Waals surface area contributed by atoms with Gasteiger partial charge in [-0.25, -0.2) is 4.98 Å². The van der Waals surface area contributed by atoms with Crippen molar-refractivity contribution < 1.29 is 4.79 Å². The van der Waals surface area contributed by atoms with Crippen LogP contribution < -0.4 is 11.5 Å². The van der Waals surface area contributed by atoms with Crippen LogP contribution in [0, 0.1) is 6.92 Å². The summed E-state index contributed by atoms with van der Waals surface area (Å²) in [6, 6.07) is 0. The number of amides is 1. The molecule has 0 saturated heterocycles. The number of carbonyl (C=O) groups excluding carboxylic acids is 1. The van der Waals surface area contributed by atoms with Crippen molar-refractivity contribution in [3.8, 4) is 0 Å². The highest BCUT2D eigenvalue weighted by Gasteiger charge is 2.09. The summed E-state index contributed by atoms with van der Waals surface area (Å²) in [4.78, 5) is 14.7. The van der Waals surface area contributed by atoms with E-state index in [4.69, 9.17) is 11.5 Å². The summed E-state index contributed by atoms with van der Waals surface area (Å²) in [6.45, 7) is 1.77. The fourth-order valence-electron chi connectivity index (χ4n) is 0.620. The zero-order valence-corrected chi connectivity index (χ0v) is 6.23. The molecule has 54 valence electrons. The molecule has 10 heavy (non-hydrogen) atoms. The number of nitrogen functional groups attached to an aromatic ring is 1. The molecule has 0 aliphatic carbocycles. The molecular weight excluding hydrogens is 150 g/mol. The van der Waals surface area contributed by atoms with Gasteiger partial charge in [-0.05, 0) is 6.92 Å². The van der Waals surface area contributed by atoms with Crippen LogP contribution in [0.15, 0.2) is 0 Å². The van der Waals surface area contributed by atoms with Gasteiger partial charge in [-0.15, -0.1) is 11.3 Å². The van der Waals surface area contributed by atoms with Crippen LogP contribution in [0.2, 0.25) is 0 Å². The Kier molecular flexibility index (Phi) is 1.58. The number of aryl methyl sites for hydroxylation is 1. The Morgan fingerprint density at radius 1 is 1.70 bits per heavy atom. The molecule has 5 heteroatoms. The first-order chi connectivity index (χ1) is 4.61. The highest BCUT2D eigenvalue weighted by molar-refractivity contribution is 7.14. The lowest BCUT2D eigenvalue weighted by atomic mass is 10.5. The van der Waals surface area contributed by atoms with Crippen molar-refractivity contribution in [2.45, 2.75) is 6.92 Å². The van der Waals surface area contributed by atoms with E-state index in [1.807, 2.05) is 0 Å². The standard InChI is InChI=1S/C5H7N3OS/c1-2-8-4(6)3(10-2)5(7)9/h6H2,1H3,(H2,7,9). The summed E-state index contributed by atoms with van der Waals surface area (Å²) >= 11 is 1.21. The molecule has 0 aliphatic heterocycles. The van der Waals surface area contributed by atoms with Crippen LogP contribution in [0.25, 0.3) is 0 Å². The second kappa shape index (κ2) is 2.26. The highest BCUT2D eigenvalue weighted by atomic mass is 32.1. The molecule has 4 nitrogen and oxygen atoms in total. The first kappa shape index (κ1) is 7.01. The van der Waals surface area contributed by atoms with Crippen LogP contribution in [0.5, 0.6) is 0 Å². The number of aromatic nitrogens is 1. The van der Waals surface area contributed by atoms with E-state index in [1.54, 1.807) is 6.92 Å². The van der Waals surface area contributed by atoms with Crippen molar-refractivity contribution in [3.05, 3.63) is 9.88 Å². The van der Waals surface area contributed by atoms with Crippen molar-refractivity contribution in [3.63, 3.8) is 0 Å². The lowest BCUT2D eigenvalue weighted by molar-refractivity contribution is 0.100. The molecule has 1 amide bonds. The molecule has 0 aliphatic rings. The molecule has 1 aromatic heterocycles. The number of thiazole rings is 1. The predicted octanol–water partition coefficient (Wildman–Crippen LogP) is 0.133. The molecule has 4 N–H and O–H groups in total. The van der Waals surface area contributed by atoms with Gasteiger partial charge in [0, 0.05) is 0 Å². The van der Waals surface area contributed by atoms with E-state index in [9.17, 15) is 4.79 Å². The van der Waals surface area contributed by atoms with Gasteiger partial charge in [0.25, 0.3) is 5.91 Å². The molecule has 0 radical (unpaired) electrons. The van der Waals surface area contributed by atoms with E-state index >= 15 is 0 Å². The second-order valence-electron chi connectivity index (χ2n) is 1.81. The topological polar surface area (TPSA) is 82.0 Å². The van der Waals surface area contributed by atoms with Gasteiger partial charge in [0.05, 0.1) is 5.01 Å². The summed E-state index contributed by atoms with van der Waals surface area (Å²) in [5.74, 6) is -0.280. The van der Waals surface area contributed by atoms with Crippen molar-refractivity contribution in [1.29, 1.82) is 0 Å². The maximum Gasteiger partial charge on any atom is 0.262 e. The average molecular weight is 157 g/mol. The molecule has 1 aromatic rings. The van der Waals surface area contributed by atoms with Gasteiger partial charge in [0.15, 0.2) is 0 Å². The van der Waals surface area contributed by atoms with Gasteiger partial charge in [-0.1, -0.05) is 0 Å². The summed E-state index contributed by atoms with van der Waals surface area (Å²) in [6.07, 6.45) is 0. The van der Waals surface area contributed by atoms with Crippen molar-refractivity contribution in [1.82, 2.24) is 4.98 Å². The van der Waals surface area contributed by atoms with Gasteiger partial charge < -0.3 is 11.5 Å². The Morgan fingerprint density at radius 3 is 2.50 bits per heavy atom. The predicted molar refractivity (Wildman–Crippen MR) is 39.8 cm³/mol. The van der Waals surface area contributed by atoms with E-state index in [-0.39, 0.29) is 5.82 Å². The van der Waals surface area contributed by atoms with Crippen molar-refractivity contribution in [2.24, 2.45) is 5.73 Å². The maximum absolute atomic E-state index is 10.5. The molecule has 0 spiro atoms. The Labute approximate surface area is 61.9 Å². The fraction of sp³-hybridized carbons (Fsp3) is 0.200. The number of nitrogens with zero attached hydrogens (tertiary/aromatic N) is 1. The fourth-order valence-corrected chi connectivity index (χ4v) is 1.31. The van der Waals surface area contributed by atoms with Gasteiger partial charge in [0.1, 0.15) is 10.7 Å². The van der Waals surface area contributed by atoms with E-state index in [2.05, 4.69) is 4.98 Å². The number of carbonyl (C=O) groups is 1. The Balaban J connectivity index is 3.15. The molecule has 1 rings (SSSR count). The highest BCUT2D eigenvalue weighted by Crippen LogP contribution is 2.18. The first-order valence-electron chi connectivity index (χ1n) is 2.64. The lowest BCUT2D eigenvalue weighted by Gasteiger charge is -1.86. The number of primary amides is 1. The molecular formula is C5H7N3OS.